The fraction of sp³-hybridized carbons (Fsp3) is 0.529. The van der Waals surface area contributed by atoms with E-state index in [4.69, 9.17) is 9.84 Å². The molecule has 2 rings (SSSR count). The number of rotatable bonds is 2. The summed E-state index contributed by atoms with van der Waals surface area (Å²) in [6.07, 6.45) is 2.21. The van der Waals surface area contributed by atoms with Crippen LogP contribution in [0.15, 0.2) is 18.2 Å². The summed E-state index contributed by atoms with van der Waals surface area (Å²) in [5.41, 5.74) is -0.143. The Hall–Kier alpha value is -2.15. The van der Waals surface area contributed by atoms with Gasteiger partial charge in [-0.25, -0.2) is 9.18 Å². The lowest BCUT2D eigenvalue weighted by molar-refractivity contribution is 0.0495. The van der Waals surface area contributed by atoms with Crippen LogP contribution in [0.5, 0.6) is 5.75 Å². The van der Waals surface area contributed by atoms with Crippen molar-refractivity contribution >= 4 is 12.4 Å². The van der Waals surface area contributed by atoms with Crippen molar-refractivity contribution < 1.29 is 23.8 Å². The third-order valence-corrected chi connectivity index (χ3v) is 3.17. The van der Waals surface area contributed by atoms with Gasteiger partial charge in [-0.15, -0.1) is 0 Å². The number of halogens is 1. The fourth-order valence-electron chi connectivity index (χ4n) is 2.04. The van der Waals surface area contributed by atoms with E-state index in [0.29, 0.717) is 6.29 Å². The predicted octanol–water partition coefficient (Wildman–Crippen LogP) is 2.61. The lowest BCUT2D eigenvalue weighted by atomic mass is 10.1. The molecule has 0 atom stereocenters. The third-order valence-electron chi connectivity index (χ3n) is 3.17. The molecule has 1 aliphatic rings. The minimum atomic E-state index is -0.717. The van der Waals surface area contributed by atoms with Crippen LogP contribution in [0.2, 0.25) is 0 Å². The van der Waals surface area contributed by atoms with Gasteiger partial charge in [0.2, 0.25) is 0 Å². The standard InChI is InChI=1S/C10H20N2O2.C7H5FO2/c1-10(2,3)14-9(13)12-8-4-6-11-7-5-8;8-6-2-1-5(4-9)3-7(6)10/h8,11H,4-7H2,1-3H3,(H,12,13);1-4,10H. The summed E-state index contributed by atoms with van der Waals surface area (Å²) >= 11 is 0. The summed E-state index contributed by atoms with van der Waals surface area (Å²) in [5.74, 6) is -1.21. The first-order chi connectivity index (χ1) is 11.2. The maximum atomic E-state index is 12.3. The Morgan fingerprint density at radius 3 is 2.50 bits per heavy atom. The first-order valence-corrected chi connectivity index (χ1v) is 7.85. The molecular weight excluding hydrogens is 315 g/mol. The van der Waals surface area contributed by atoms with Crippen molar-refractivity contribution in [2.24, 2.45) is 0 Å². The molecule has 1 amide bonds. The normalized spacial score (nSPS) is 15.0. The molecule has 0 aliphatic carbocycles. The number of nitrogens with one attached hydrogen (secondary N) is 2. The molecule has 0 radical (unpaired) electrons. The van der Waals surface area contributed by atoms with Gasteiger partial charge < -0.3 is 20.5 Å². The highest BCUT2D eigenvalue weighted by Crippen LogP contribution is 2.15. The molecule has 0 unspecified atom stereocenters. The number of hydrogen-bond donors (Lipinski definition) is 3. The smallest absolute Gasteiger partial charge is 0.407 e. The van der Waals surface area contributed by atoms with Gasteiger partial charge >= 0.3 is 6.09 Å². The summed E-state index contributed by atoms with van der Waals surface area (Å²) in [6.45, 7) is 7.56. The summed E-state index contributed by atoms with van der Waals surface area (Å²) < 4.78 is 17.4. The second-order valence-electron chi connectivity index (χ2n) is 6.50. The zero-order valence-electron chi connectivity index (χ0n) is 14.3. The molecule has 0 saturated carbocycles. The van der Waals surface area contributed by atoms with Crippen LogP contribution in [-0.2, 0) is 4.74 Å². The molecule has 7 heteroatoms. The maximum Gasteiger partial charge on any atom is 0.407 e. The summed E-state index contributed by atoms with van der Waals surface area (Å²) in [5, 5.41) is 14.8. The Morgan fingerprint density at radius 2 is 2.00 bits per heavy atom. The summed E-state index contributed by atoms with van der Waals surface area (Å²) in [6, 6.07) is 3.68. The molecule has 3 N–H and O–H groups in total. The third kappa shape index (κ3) is 7.92. The van der Waals surface area contributed by atoms with Crippen LogP contribution in [0.1, 0.15) is 44.0 Å². The highest BCUT2D eigenvalue weighted by Gasteiger charge is 2.20. The van der Waals surface area contributed by atoms with Crippen molar-refractivity contribution in [3.05, 3.63) is 29.6 Å². The number of piperidine rings is 1. The second-order valence-corrected chi connectivity index (χ2v) is 6.50. The van der Waals surface area contributed by atoms with E-state index in [2.05, 4.69) is 10.6 Å². The minimum Gasteiger partial charge on any atom is -0.505 e. The first kappa shape index (κ1) is 19.9. The fourth-order valence-corrected chi connectivity index (χ4v) is 2.04. The Kier molecular flexibility index (Phi) is 7.64. The SMILES string of the molecule is CC(C)(C)OC(=O)NC1CCNCC1.O=Cc1ccc(F)c(O)c1. The number of ether oxygens (including phenoxy) is 1. The van der Waals surface area contributed by atoms with Gasteiger partial charge in [-0.2, -0.15) is 0 Å². The van der Waals surface area contributed by atoms with Gasteiger partial charge in [-0.3, -0.25) is 4.79 Å². The van der Waals surface area contributed by atoms with E-state index in [1.54, 1.807) is 0 Å². The number of phenols is 1. The van der Waals surface area contributed by atoms with Gasteiger partial charge in [-0.05, 0) is 64.9 Å². The average Bonchev–Trinajstić information content (AvgIpc) is 2.50. The van der Waals surface area contributed by atoms with Gasteiger partial charge in [0.05, 0.1) is 0 Å². The number of carbonyl (C=O) groups is 2. The quantitative estimate of drug-likeness (QED) is 0.720. The number of phenolic OH excluding ortho intramolecular Hbond substituents is 1. The van der Waals surface area contributed by atoms with Crippen molar-refractivity contribution in [2.75, 3.05) is 13.1 Å². The van der Waals surface area contributed by atoms with Gasteiger partial charge in [0, 0.05) is 11.6 Å². The van der Waals surface area contributed by atoms with Crippen LogP contribution >= 0.6 is 0 Å². The van der Waals surface area contributed by atoms with Crippen LogP contribution in [0, 0.1) is 5.82 Å². The predicted molar refractivity (Wildman–Crippen MR) is 88.7 cm³/mol. The molecular formula is C17H25FN2O4. The highest BCUT2D eigenvalue weighted by atomic mass is 19.1. The lowest BCUT2D eigenvalue weighted by Crippen LogP contribution is -2.44. The number of aromatic hydroxyl groups is 1. The Balaban J connectivity index is 0.000000254. The van der Waals surface area contributed by atoms with E-state index in [1.807, 2.05) is 20.8 Å². The van der Waals surface area contributed by atoms with Crippen molar-refractivity contribution in [3.63, 3.8) is 0 Å². The van der Waals surface area contributed by atoms with E-state index in [1.165, 1.54) is 6.07 Å². The Bertz CT molecular complexity index is 552. The molecule has 1 saturated heterocycles. The van der Waals surface area contributed by atoms with Gasteiger partial charge in [0.25, 0.3) is 0 Å². The maximum absolute atomic E-state index is 12.3. The molecule has 1 aromatic carbocycles. The number of amides is 1. The number of aldehydes is 1. The molecule has 1 aromatic rings. The number of benzene rings is 1. The Labute approximate surface area is 141 Å². The average molecular weight is 340 g/mol. The van der Waals surface area contributed by atoms with E-state index in [9.17, 15) is 14.0 Å². The van der Waals surface area contributed by atoms with Crippen LogP contribution in [0.3, 0.4) is 0 Å². The zero-order valence-corrected chi connectivity index (χ0v) is 14.3. The summed E-state index contributed by atoms with van der Waals surface area (Å²) in [7, 11) is 0. The molecule has 0 spiro atoms. The van der Waals surface area contributed by atoms with E-state index in [-0.39, 0.29) is 17.7 Å². The van der Waals surface area contributed by atoms with Crippen molar-refractivity contribution in [1.29, 1.82) is 0 Å². The molecule has 1 fully saturated rings. The summed E-state index contributed by atoms with van der Waals surface area (Å²) in [4.78, 5) is 21.4. The molecule has 0 bridgehead atoms. The van der Waals surface area contributed by atoms with Crippen LogP contribution < -0.4 is 10.6 Å². The zero-order chi connectivity index (χ0) is 18.2. The largest absolute Gasteiger partial charge is 0.505 e. The van der Waals surface area contributed by atoms with E-state index < -0.39 is 17.2 Å². The Morgan fingerprint density at radius 1 is 1.38 bits per heavy atom. The molecule has 6 nitrogen and oxygen atoms in total. The second kappa shape index (κ2) is 9.22. The van der Waals surface area contributed by atoms with E-state index >= 15 is 0 Å². The van der Waals surface area contributed by atoms with Crippen LogP contribution in [0.25, 0.3) is 0 Å². The molecule has 134 valence electrons. The van der Waals surface area contributed by atoms with E-state index in [0.717, 1.165) is 38.1 Å². The van der Waals surface area contributed by atoms with Crippen LogP contribution in [0.4, 0.5) is 9.18 Å². The molecule has 1 aliphatic heterocycles. The molecule has 24 heavy (non-hydrogen) atoms. The van der Waals surface area contributed by atoms with Gasteiger partial charge in [0.15, 0.2) is 11.6 Å². The van der Waals surface area contributed by atoms with Gasteiger partial charge in [0.1, 0.15) is 11.9 Å². The van der Waals surface area contributed by atoms with Crippen molar-refractivity contribution in [1.82, 2.24) is 10.6 Å². The monoisotopic (exact) mass is 340 g/mol. The number of hydrogen-bond acceptors (Lipinski definition) is 5. The highest BCUT2D eigenvalue weighted by molar-refractivity contribution is 5.75. The topological polar surface area (TPSA) is 87.7 Å². The number of alkyl carbamates (subject to hydrolysis) is 1. The minimum absolute atomic E-state index is 0.263. The first-order valence-electron chi connectivity index (χ1n) is 7.85. The van der Waals surface area contributed by atoms with Crippen molar-refractivity contribution in [2.45, 2.75) is 45.3 Å². The van der Waals surface area contributed by atoms with Crippen LogP contribution in [-0.4, -0.2) is 42.2 Å². The molecule has 0 aromatic heterocycles. The van der Waals surface area contributed by atoms with Gasteiger partial charge in [-0.1, -0.05) is 0 Å². The number of carbonyl (C=O) groups excluding carboxylic acids is 2. The van der Waals surface area contributed by atoms with Crippen molar-refractivity contribution in [3.8, 4) is 5.75 Å². The molecule has 1 heterocycles. The lowest BCUT2D eigenvalue weighted by Gasteiger charge is -2.26.